The van der Waals surface area contributed by atoms with E-state index in [2.05, 4.69) is 0 Å². The van der Waals surface area contributed by atoms with Crippen LogP contribution in [0, 0.1) is 11.3 Å². The van der Waals surface area contributed by atoms with Crippen LogP contribution >= 0.6 is 11.8 Å². The lowest BCUT2D eigenvalue weighted by Gasteiger charge is -2.37. The van der Waals surface area contributed by atoms with E-state index in [1.165, 1.54) is 0 Å². The SMILES string of the molecule is CC(C)(C)OC(=O)N1CC(CO)C2(CCSCC2)C1. The van der Waals surface area contributed by atoms with Gasteiger partial charge in [0.1, 0.15) is 5.60 Å². The van der Waals surface area contributed by atoms with Gasteiger partial charge in [-0.05, 0) is 50.5 Å². The summed E-state index contributed by atoms with van der Waals surface area (Å²) < 4.78 is 5.45. The first kappa shape index (κ1) is 15.0. The van der Waals surface area contributed by atoms with Crippen LogP contribution in [0.2, 0.25) is 0 Å². The summed E-state index contributed by atoms with van der Waals surface area (Å²) in [6.07, 6.45) is 1.96. The van der Waals surface area contributed by atoms with Gasteiger partial charge < -0.3 is 14.7 Å². The Morgan fingerprint density at radius 2 is 2.05 bits per heavy atom. The summed E-state index contributed by atoms with van der Waals surface area (Å²) in [5.74, 6) is 2.48. The summed E-state index contributed by atoms with van der Waals surface area (Å²) in [5.41, 5.74) is -0.332. The normalized spacial score (nSPS) is 26.7. The van der Waals surface area contributed by atoms with Gasteiger partial charge in [-0.2, -0.15) is 11.8 Å². The topological polar surface area (TPSA) is 49.8 Å². The molecule has 0 aromatic rings. The highest BCUT2D eigenvalue weighted by atomic mass is 32.2. The first-order valence-corrected chi connectivity index (χ1v) is 8.18. The van der Waals surface area contributed by atoms with Crippen molar-refractivity contribution < 1.29 is 14.6 Å². The van der Waals surface area contributed by atoms with Crippen molar-refractivity contribution in [3.63, 3.8) is 0 Å². The van der Waals surface area contributed by atoms with Crippen molar-refractivity contribution in [1.29, 1.82) is 0 Å². The Hall–Kier alpha value is -0.420. The van der Waals surface area contributed by atoms with Crippen molar-refractivity contribution >= 4 is 17.9 Å². The number of aliphatic hydroxyl groups excluding tert-OH is 1. The molecule has 2 rings (SSSR count). The molecule has 2 aliphatic rings. The van der Waals surface area contributed by atoms with E-state index in [1.54, 1.807) is 4.90 Å². The highest BCUT2D eigenvalue weighted by Gasteiger charge is 2.48. The van der Waals surface area contributed by atoms with Gasteiger partial charge in [-0.3, -0.25) is 0 Å². The fraction of sp³-hybridized carbons (Fsp3) is 0.929. The molecule has 1 unspecified atom stereocenters. The fourth-order valence-electron chi connectivity index (χ4n) is 3.09. The molecular formula is C14H25NO3S. The molecule has 19 heavy (non-hydrogen) atoms. The smallest absolute Gasteiger partial charge is 0.410 e. The number of carbonyl (C=O) groups is 1. The Balaban J connectivity index is 2.04. The van der Waals surface area contributed by atoms with Gasteiger partial charge in [0.2, 0.25) is 0 Å². The van der Waals surface area contributed by atoms with Gasteiger partial charge in [-0.25, -0.2) is 4.79 Å². The van der Waals surface area contributed by atoms with E-state index in [9.17, 15) is 9.90 Å². The number of rotatable bonds is 1. The summed E-state index contributed by atoms with van der Waals surface area (Å²) in [4.78, 5) is 14.0. The van der Waals surface area contributed by atoms with Crippen LogP contribution < -0.4 is 0 Å². The van der Waals surface area contributed by atoms with E-state index >= 15 is 0 Å². The Labute approximate surface area is 119 Å². The minimum absolute atomic E-state index is 0.122. The molecule has 1 amide bonds. The van der Waals surface area contributed by atoms with E-state index in [0.29, 0.717) is 6.54 Å². The lowest BCUT2D eigenvalue weighted by molar-refractivity contribution is 0.0270. The number of amides is 1. The van der Waals surface area contributed by atoms with Gasteiger partial charge in [-0.1, -0.05) is 0 Å². The first-order valence-electron chi connectivity index (χ1n) is 7.03. The second-order valence-electron chi connectivity index (χ2n) is 6.72. The predicted octanol–water partition coefficient (Wildman–Crippen LogP) is 2.36. The quantitative estimate of drug-likeness (QED) is 0.804. The van der Waals surface area contributed by atoms with Gasteiger partial charge in [0.25, 0.3) is 0 Å². The average Bonchev–Trinajstić information content (AvgIpc) is 2.67. The molecule has 2 heterocycles. The number of aliphatic hydroxyl groups is 1. The summed E-state index contributed by atoms with van der Waals surface area (Å²) >= 11 is 1.97. The van der Waals surface area contributed by atoms with Crippen molar-refractivity contribution in [3.8, 4) is 0 Å². The second-order valence-corrected chi connectivity index (χ2v) is 7.94. The summed E-state index contributed by atoms with van der Waals surface area (Å²) in [6.45, 7) is 7.21. The highest BCUT2D eigenvalue weighted by molar-refractivity contribution is 7.99. The van der Waals surface area contributed by atoms with Crippen molar-refractivity contribution in [1.82, 2.24) is 4.90 Å². The van der Waals surface area contributed by atoms with Gasteiger partial charge in [0, 0.05) is 25.6 Å². The molecule has 0 radical (unpaired) electrons. The summed E-state index contributed by atoms with van der Waals surface area (Å²) in [5, 5.41) is 9.63. The molecule has 0 aromatic carbocycles. The molecule has 1 N–H and O–H groups in total. The molecule has 2 saturated heterocycles. The Bertz CT molecular complexity index is 334. The molecule has 2 fully saturated rings. The minimum atomic E-state index is -0.454. The lowest BCUT2D eigenvalue weighted by Crippen LogP contribution is -2.38. The Morgan fingerprint density at radius 1 is 1.42 bits per heavy atom. The first-order chi connectivity index (χ1) is 8.86. The number of carbonyl (C=O) groups excluding carboxylic acids is 1. The second kappa shape index (κ2) is 5.52. The molecule has 1 spiro atoms. The molecule has 110 valence electrons. The molecule has 5 heteroatoms. The Kier molecular flexibility index (Phi) is 4.35. The lowest BCUT2D eigenvalue weighted by atomic mass is 9.74. The van der Waals surface area contributed by atoms with Crippen molar-refractivity contribution in [2.45, 2.75) is 39.2 Å². The molecule has 0 aliphatic carbocycles. The molecule has 0 aromatic heterocycles. The third kappa shape index (κ3) is 3.37. The van der Waals surface area contributed by atoms with E-state index in [-0.39, 0.29) is 24.0 Å². The van der Waals surface area contributed by atoms with Crippen LogP contribution in [0.15, 0.2) is 0 Å². The van der Waals surface area contributed by atoms with Crippen LogP contribution in [0.4, 0.5) is 4.79 Å². The molecule has 1 atom stereocenters. The zero-order valence-electron chi connectivity index (χ0n) is 12.1. The number of nitrogens with zero attached hydrogens (tertiary/aromatic N) is 1. The number of hydrogen-bond donors (Lipinski definition) is 1. The Morgan fingerprint density at radius 3 is 2.58 bits per heavy atom. The zero-order chi connectivity index (χ0) is 14.1. The summed E-state index contributed by atoms with van der Waals surface area (Å²) in [7, 11) is 0. The van der Waals surface area contributed by atoms with Crippen LogP contribution in [-0.2, 0) is 4.74 Å². The van der Waals surface area contributed by atoms with Crippen molar-refractivity contribution in [3.05, 3.63) is 0 Å². The standard InChI is InChI=1S/C14H25NO3S/c1-13(2,3)18-12(17)15-8-11(9-16)14(10-15)4-6-19-7-5-14/h11,16H,4-10H2,1-3H3. The van der Waals surface area contributed by atoms with Crippen LogP contribution in [0.25, 0.3) is 0 Å². The zero-order valence-corrected chi connectivity index (χ0v) is 13.0. The minimum Gasteiger partial charge on any atom is -0.444 e. The van der Waals surface area contributed by atoms with Gasteiger partial charge in [0.05, 0.1) is 0 Å². The van der Waals surface area contributed by atoms with Crippen LogP contribution in [-0.4, -0.2) is 52.9 Å². The van der Waals surface area contributed by atoms with Crippen LogP contribution in [0.5, 0.6) is 0 Å². The highest BCUT2D eigenvalue weighted by Crippen LogP contribution is 2.46. The predicted molar refractivity (Wildman–Crippen MR) is 77.4 cm³/mol. The van der Waals surface area contributed by atoms with Crippen LogP contribution in [0.1, 0.15) is 33.6 Å². The number of likely N-dealkylation sites (tertiary alicyclic amines) is 1. The van der Waals surface area contributed by atoms with Gasteiger partial charge in [0.15, 0.2) is 0 Å². The molecule has 0 bridgehead atoms. The number of hydrogen-bond acceptors (Lipinski definition) is 4. The van der Waals surface area contributed by atoms with E-state index in [1.807, 2.05) is 32.5 Å². The summed E-state index contributed by atoms with van der Waals surface area (Å²) in [6, 6.07) is 0. The van der Waals surface area contributed by atoms with E-state index < -0.39 is 5.60 Å². The maximum Gasteiger partial charge on any atom is 0.410 e. The largest absolute Gasteiger partial charge is 0.444 e. The third-order valence-electron chi connectivity index (χ3n) is 4.17. The maximum atomic E-state index is 12.2. The maximum absolute atomic E-state index is 12.2. The van der Waals surface area contributed by atoms with E-state index in [0.717, 1.165) is 30.9 Å². The van der Waals surface area contributed by atoms with Crippen molar-refractivity contribution in [2.24, 2.45) is 11.3 Å². The third-order valence-corrected chi connectivity index (χ3v) is 5.16. The number of thioether (sulfide) groups is 1. The molecule has 0 saturated carbocycles. The molecule has 2 aliphatic heterocycles. The van der Waals surface area contributed by atoms with E-state index in [4.69, 9.17) is 4.74 Å². The van der Waals surface area contributed by atoms with Gasteiger partial charge >= 0.3 is 6.09 Å². The molecule has 4 nitrogen and oxygen atoms in total. The van der Waals surface area contributed by atoms with Crippen LogP contribution in [0.3, 0.4) is 0 Å². The monoisotopic (exact) mass is 287 g/mol. The fourth-order valence-corrected chi connectivity index (χ4v) is 4.40. The van der Waals surface area contributed by atoms with Crippen molar-refractivity contribution in [2.75, 3.05) is 31.2 Å². The van der Waals surface area contributed by atoms with Gasteiger partial charge in [-0.15, -0.1) is 0 Å². The molecular weight excluding hydrogens is 262 g/mol. The number of ether oxygens (including phenoxy) is 1. The average molecular weight is 287 g/mol.